The van der Waals surface area contributed by atoms with E-state index in [0.717, 1.165) is 4.90 Å². The molecular weight excluding hydrogens is 262 g/mol. The lowest BCUT2D eigenvalue weighted by Gasteiger charge is -2.15. The molecule has 1 aliphatic heterocycles. The maximum Gasteiger partial charge on any atom is 0.335 e. The SMILES string of the molecule is COc1ccccc1CN1C(=O)C(=O)N(CC#N)C1=O. The van der Waals surface area contributed by atoms with E-state index in [-0.39, 0.29) is 6.54 Å². The minimum Gasteiger partial charge on any atom is -0.496 e. The molecule has 0 saturated carbocycles. The Labute approximate surface area is 114 Å². The molecule has 2 rings (SSSR count). The second-order valence-corrected chi connectivity index (χ2v) is 4.04. The lowest BCUT2D eigenvalue weighted by Crippen LogP contribution is -2.33. The number of amides is 4. The third-order valence-electron chi connectivity index (χ3n) is 2.88. The van der Waals surface area contributed by atoms with E-state index in [1.165, 1.54) is 7.11 Å². The molecule has 0 radical (unpaired) electrons. The van der Waals surface area contributed by atoms with Gasteiger partial charge in [0, 0.05) is 5.56 Å². The highest BCUT2D eigenvalue weighted by Crippen LogP contribution is 2.22. The lowest BCUT2D eigenvalue weighted by atomic mass is 10.2. The average molecular weight is 273 g/mol. The van der Waals surface area contributed by atoms with Crippen LogP contribution in [0.3, 0.4) is 0 Å². The summed E-state index contributed by atoms with van der Waals surface area (Å²) in [5, 5.41) is 8.56. The molecule has 0 aliphatic carbocycles. The number of carbonyl (C=O) groups excluding carboxylic acids is 3. The first-order chi connectivity index (χ1) is 9.60. The summed E-state index contributed by atoms with van der Waals surface area (Å²) in [6, 6.07) is 7.76. The summed E-state index contributed by atoms with van der Waals surface area (Å²) < 4.78 is 5.13. The van der Waals surface area contributed by atoms with Crippen LogP contribution in [0.25, 0.3) is 0 Å². The molecule has 0 unspecified atom stereocenters. The number of benzene rings is 1. The number of hydrogen-bond donors (Lipinski definition) is 0. The van der Waals surface area contributed by atoms with Gasteiger partial charge in [-0.3, -0.25) is 14.5 Å². The maximum absolute atomic E-state index is 11.9. The van der Waals surface area contributed by atoms with Crippen molar-refractivity contribution in [3.63, 3.8) is 0 Å². The van der Waals surface area contributed by atoms with Crippen molar-refractivity contribution in [1.82, 2.24) is 9.80 Å². The number of hydrogen-bond acceptors (Lipinski definition) is 5. The fraction of sp³-hybridized carbons (Fsp3) is 0.231. The highest BCUT2D eigenvalue weighted by atomic mass is 16.5. The Morgan fingerprint density at radius 3 is 2.45 bits per heavy atom. The second-order valence-electron chi connectivity index (χ2n) is 4.04. The van der Waals surface area contributed by atoms with Crippen LogP contribution >= 0.6 is 0 Å². The van der Waals surface area contributed by atoms with Crippen LogP contribution in [0.15, 0.2) is 24.3 Å². The van der Waals surface area contributed by atoms with Gasteiger partial charge in [-0.15, -0.1) is 0 Å². The van der Waals surface area contributed by atoms with E-state index < -0.39 is 24.4 Å². The van der Waals surface area contributed by atoms with E-state index in [9.17, 15) is 14.4 Å². The molecule has 7 heteroatoms. The Balaban J connectivity index is 2.26. The first kappa shape index (κ1) is 13.5. The fourth-order valence-electron chi connectivity index (χ4n) is 1.90. The molecule has 0 atom stereocenters. The molecule has 1 aromatic rings. The van der Waals surface area contributed by atoms with Crippen molar-refractivity contribution in [2.45, 2.75) is 6.54 Å². The predicted molar refractivity (Wildman–Crippen MR) is 66.3 cm³/mol. The van der Waals surface area contributed by atoms with E-state index in [2.05, 4.69) is 0 Å². The van der Waals surface area contributed by atoms with Crippen molar-refractivity contribution in [2.24, 2.45) is 0 Å². The Morgan fingerprint density at radius 2 is 1.80 bits per heavy atom. The van der Waals surface area contributed by atoms with Crippen molar-refractivity contribution in [3.8, 4) is 11.8 Å². The third-order valence-corrected chi connectivity index (χ3v) is 2.88. The molecular formula is C13H11N3O4. The molecule has 0 spiro atoms. The zero-order valence-electron chi connectivity index (χ0n) is 10.7. The molecule has 4 amide bonds. The standard InChI is InChI=1S/C13H11N3O4/c1-20-10-5-3-2-4-9(10)8-16-12(18)11(17)15(7-6-14)13(16)19/h2-5H,7-8H2,1H3. The molecule has 0 bridgehead atoms. The number of nitriles is 1. The monoisotopic (exact) mass is 273 g/mol. The molecule has 1 heterocycles. The van der Waals surface area contributed by atoms with Gasteiger partial charge in [-0.2, -0.15) is 5.26 Å². The highest BCUT2D eigenvalue weighted by Gasteiger charge is 2.44. The van der Waals surface area contributed by atoms with Crippen LogP contribution in [0, 0.1) is 11.3 Å². The van der Waals surface area contributed by atoms with Gasteiger partial charge < -0.3 is 4.74 Å². The summed E-state index contributed by atoms with van der Waals surface area (Å²) in [6.45, 7) is -0.513. The summed E-state index contributed by atoms with van der Waals surface area (Å²) in [5.74, 6) is -1.40. The van der Waals surface area contributed by atoms with Gasteiger partial charge in [0.25, 0.3) is 0 Å². The minimum absolute atomic E-state index is 0.0741. The molecule has 1 aliphatic rings. The number of methoxy groups -OCH3 is 1. The first-order valence-electron chi connectivity index (χ1n) is 5.76. The van der Waals surface area contributed by atoms with Crippen LogP contribution in [0.2, 0.25) is 0 Å². The molecule has 7 nitrogen and oxygen atoms in total. The first-order valence-corrected chi connectivity index (χ1v) is 5.76. The number of urea groups is 1. The van der Waals surface area contributed by atoms with Crippen molar-refractivity contribution in [2.75, 3.05) is 13.7 Å². The predicted octanol–water partition coefficient (Wildman–Crippen LogP) is 0.510. The van der Waals surface area contributed by atoms with E-state index in [0.29, 0.717) is 16.2 Å². The molecule has 0 N–H and O–H groups in total. The summed E-state index contributed by atoms with van der Waals surface area (Å²) in [7, 11) is 1.47. The van der Waals surface area contributed by atoms with Gasteiger partial charge in [0.1, 0.15) is 12.3 Å². The molecule has 20 heavy (non-hydrogen) atoms. The lowest BCUT2D eigenvalue weighted by molar-refractivity contribution is -0.143. The van der Waals surface area contributed by atoms with E-state index in [1.807, 2.05) is 0 Å². The summed E-state index contributed by atoms with van der Waals surface area (Å²) >= 11 is 0. The number of ether oxygens (including phenoxy) is 1. The normalized spacial score (nSPS) is 14.7. The molecule has 0 aromatic heterocycles. The largest absolute Gasteiger partial charge is 0.496 e. The van der Waals surface area contributed by atoms with E-state index >= 15 is 0 Å². The van der Waals surface area contributed by atoms with Gasteiger partial charge in [0.2, 0.25) is 0 Å². The number of nitrogens with zero attached hydrogens (tertiary/aromatic N) is 3. The molecule has 1 fully saturated rings. The number of rotatable bonds is 4. The maximum atomic E-state index is 11.9. The average Bonchev–Trinajstić information content (AvgIpc) is 2.66. The summed E-state index contributed by atoms with van der Waals surface area (Å²) in [6.07, 6.45) is 0. The molecule has 1 aromatic carbocycles. The third kappa shape index (κ3) is 2.19. The van der Waals surface area contributed by atoms with Crippen LogP contribution in [0.5, 0.6) is 5.75 Å². The molecule has 102 valence electrons. The van der Waals surface area contributed by atoms with Crippen LogP contribution in [0.4, 0.5) is 4.79 Å². The molecule has 1 saturated heterocycles. The van der Waals surface area contributed by atoms with Crippen LogP contribution in [-0.2, 0) is 16.1 Å². The van der Waals surface area contributed by atoms with Crippen molar-refractivity contribution in [3.05, 3.63) is 29.8 Å². The van der Waals surface area contributed by atoms with Crippen molar-refractivity contribution >= 4 is 17.8 Å². The van der Waals surface area contributed by atoms with Gasteiger partial charge in [-0.25, -0.2) is 9.69 Å². The van der Waals surface area contributed by atoms with Crippen LogP contribution < -0.4 is 4.74 Å². The van der Waals surface area contributed by atoms with Crippen molar-refractivity contribution < 1.29 is 19.1 Å². The van der Waals surface area contributed by atoms with Gasteiger partial charge in [0.15, 0.2) is 0 Å². The topological polar surface area (TPSA) is 90.7 Å². The minimum atomic E-state index is -0.980. The Morgan fingerprint density at radius 1 is 1.15 bits per heavy atom. The fourth-order valence-corrected chi connectivity index (χ4v) is 1.90. The summed E-state index contributed by atoms with van der Waals surface area (Å²) in [5.41, 5.74) is 0.600. The van der Waals surface area contributed by atoms with Gasteiger partial charge >= 0.3 is 17.8 Å². The zero-order valence-corrected chi connectivity index (χ0v) is 10.7. The van der Waals surface area contributed by atoms with E-state index in [4.69, 9.17) is 10.00 Å². The quantitative estimate of drug-likeness (QED) is 0.453. The van der Waals surface area contributed by atoms with Crippen LogP contribution in [0.1, 0.15) is 5.56 Å². The van der Waals surface area contributed by atoms with Crippen molar-refractivity contribution in [1.29, 1.82) is 5.26 Å². The van der Waals surface area contributed by atoms with Gasteiger partial charge in [-0.05, 0) is 6.07 Å². The van der Waals surface area contributed by atoms with Gasteiger partial charge in [-0.1, -0.05) is 18.2 Å². The highest BCUT2D eigenvalue weighted by molar-refractivity contribution is 6.44. The van der Waals surface area contributed by atoms with Crippen LogP contribution in [-0.4, -0.2) is 41.3 Å². The second kappa shape index (κ2) is 5.40. The smallest absolute Gasteiger partial charge is 0.335 e. The number of para-hydroxylation sites is 1. The Hall–Kier alpha value is -2.88. The number of imide groups is 2. The summed E-state index contributed by atoms with van der Waals surface area (Å²) in [4.78, 5) is 36.7. The number of carbonyl (C=O) groups is 3. The van der Waals surface area contributed by atoms with Gasteiger partial charge in [0.05, 0.1) is 19.7 Å². The Bertz CT molecular complexity index is 620. The Kier molecular flexibility index (Phi) is 3.66. The van der Waals surface area contributed by atoms with E-state index in [1.54, 1.807) is 30.3 Å². The zero-order chi connectivity index (χ0) is 14.7.